The van der Waals surface area contributed by atoms with E-state index in [9.17, 15) is 4.39 Å². The molecule has 108 valence electrons. The minimum Gasteiger partial charge on any atom is -0.292 e. The second kappa shape index (κ2) is 5.15. The molecule has 0 saturated heterocycles. The van der Waals surface area contributed by atoms with Crippen molar-refractivity contribution in [2.45, 2.75) is 26.1 Å². The van der Waals surface area contributed by atoms with Gasteiger partial charge in [0.25, 0.3) is 0 Å². The number of rotatable bonds is 2. The number of alkyl halides is 1. The molecule has 2 nitrogen and oxygen atoms in total. The lowest BCUT2D eigenvalue weighted by Gasteiger charge is -2.14. The first kappa shape index (κ1) is 14.1. The van der Waals surface area contributed by atoms with Crippen LogP contribution in [0.5, 0.6) is 0 Å². The molecule has 0 aliphatic heterocycles. The minimum absolute atomic E-state index is 0.270. The summed E-state index contributed by atoms with van der Waals surface area (Å²) in [7, 11) is 0. The van der Waals surface area contributed by atoms with Crippen molar-refractivity contribution in [1.82, 2.24) is 9.55 Å². The SMILES string of the molecule is Cc1ccc2c(c1)nc(C(C)Cl)n2-c1c(C)cccc1F. The Morgan fingerprint density at radius 2 is 1.95 bits per heavy atom. The van der Waals surface area contributed by atoms with Crippen LogP contribution in [0.15, 0.2) is 36.4 Å². The molecular formula is C17H16ClFN2. The molecule has 0 bridgehead atoms. The van der Waals surface area contributed by atoms with Crippen molar-refractivity contribution >= 4 is 22.6 Å². The maximum atomic E-state index is 14.4. The molecule has 0 N–H and O–H groups in total. The molecule has 0 saturated carbocycles. The van der Waals surface area contributed by atoms with Crippen LogP contribution < -0.4 is 0 Å². The third-order valence-electron chi connectivity index (χ3n) is 3.60. The average Bonchev–Trinajstić information content (AvgIpc) is 2.77. The van der Waals surface area contributed by atoms with Crippen LogP contribution in [0, 0.1) is 19.7 Å². The first-order valence-electron chi connectivity index (χ1n) is 6.87. The Bertz CT molecular complexity index is 801. The highest BCUT2D eigenvalue weighted by Crippen LogP contribution is 2.31. The number of hydrogen-bond acceptors (Lipinski definition) is 1. The van der Waals surface area contributed by atoms with Gasteiger partial charge < -0.3 is 0 Å². The Kier molecular flexibility index (Phi) is 3.46. The molecular weight excluding hydrogens is 287 g/mol. The normalized spacial score (nSPS) is 12.8. The number of nitrogens with zero attached hydrogens (tertiary/aromatic N) is 2. The molecule has 0 aliphatic carbocycles. The van der Waals surface area contributed by atoms with Crippen LogP contribution in [-0.4, -0.2) is 9.55 Å². The summed E-state index contributed by atoms with van der Waals surface area (Å²) in [5.41, 5.74) is 4.20. The summed E-state index contributed by atoms with van der Waals surface area (Å²) in [6, 6.07) is 11.0. The Morgan fingerprint density at radius 3 is 2.62 bits per heavy atom. The molecule has 1 unspecified atom stereocenters. The van der Waals surface area contributed by atoms with E-state index in [1.807, 2.05) is 49.6 Å². The second-order valence-corrected chi connectivity index (χ2v) is 5.97. The van der Waals surface area contributed by atoms with E-state index in [4.69, 9.17) is 11.6 Å². The zero-order valence-corrected chi connectivity index (χ0v) is 12.9. The summed E-state index contributed by atoms with van der Waals surface area (Å²) in [6.07, 6.45) is 0. The van der Waals surface area contributed by atoms with Crippen molar-refractivity contribution in [3.05, 3.63) is 59.2 Å². The topological polar surface area (TPSA) is 17.8 Å². The van der Waals surface area contributed by atoms with Crippen LogP contribution in [-0.2, 0) is 0 Å². The van der Waals surface area contributed by atoms with Crippen molar-refractivity contribution < 1.29 is 4.39 Å². The molecule has 0 fully saturated rings. The molecule has 21 heavy (non-hydrogen) atoms. The lowest BCUT2D eigenvalue weighted by Crippen LogP contribution is -2.06. The van der Waals surface area contributed by atoms with E-state index in [1.165, 1.54) is 6.07 Å². The summed E-state index contributed by atoms with van der Waals surface area (Å²) in [6.45, 7) is 5.75. The van der Waals surface area contributed by atoms with Gasteiger partial charge in [-0.1, -0.05) is 18.2 Å². The van der Waals surface area contributed by atoms with Gasteiger partial charge >= 0.3 is 0 Å². The average molecular weight is 303 g/mol. The van der Waals surface area contributed by atoms with Gasteiger partial charge in [0.2, 0.25) is 0 Å². The molecule has 2 aromatic carbocycles. The molecule has 0 spiro atoms. The van der Waals surface area contributed by atoms with E-state index in [0.29, 0.717) is 11.5 Å². The van der Waals surface area contributed by atoms with Gasteiger partial charge in [-0.3, -0.25) is 4.57 Å². The maximum Gasteiger partial charge on any atom is 0.147 e. The first-order valence-corrected chi connectivity index (χ1v) is 7.31. The van der Waals surface area contributed by atoms with E-state index in [2.05, 4.69) is 4.98 Å². The lowest BCUT2D eigenvalue weighted by atomic mass is 10.1. The molecule has 0 amide bonds. The molecule has 0 aliphatic rings. The molecule has 4 heteroatoms. The van der Waals surface area contributed by atoms with Gasteiger partial charge in [0, 0.05) is 0 Å². The zero-order valence-electron chi connectivity index (χ0n) is 12.2. The fraction of sp³-hybridized carbons (Fsp3) is 0.235. The number of para-hydroxylation sites is 1. The Balaban J connectivity index is 2.42. The smallest absolute Gasteiger partial charge is 0.147 e. The Morgan fingerprint density at radius 1 is 1.19 bits per heavy atom. The van der Waals surface area contributed by atoms with Gasteiger partial charge in [0.05, 0.1) is 22.1 Å². The van der Waals surface area contributed by atoms with Gasteiger partial charge in [-0.05, 0) is 50.1 Å². The van der Waals surface area contributed by atoms with Gasteiger partial charge in [0.15, 0.2) is 0 Å². The highest BCUT2D eigenvalue weighted by atomic mass is 35.5. The first-order chi connectivity index (χ1) is 9.99. The molecule has 3 rings (SSSR count). The summed E-state index contributed by atoms with van der Waals surface area (Å²) < 4.78 is 16.2. The predicted octanol–water partition coefficient (Wildman–Crippen LogP) is 5.08. The summed E-state index contributed by atoms with van der Waals surface area (Å²) >= 11 is 6.27. The highest BCUT2D eigenvalue weighted by Gasteiger charge is 2.19. The molecule has 0 radical (unpaired) electrons. The standard InChI is InChI=1S/C17H16ClFN2/c1-10-7-8-15-14(9-10)20-17(12(3)18)21(15)16-11(2)5-4-6-13(16)19/h4-9,12H,1-3H3. The van der Waals surface area contributed by atoms with Gasteiger partial charge in [-0.2, -0.15) is 0 Å². The molecule has 1 aromatic heterocycles. The third kappa shape index (κ3) is 2.32. The van der Waals surface area contributed by atoms with Crippen molar-refractivity contribution in [3.63, 3.8) is 0 Å². The minimum atomic E-state index is -0.309. The van der Waals surface area contributed by atoms with Crippen LogP contribution >= 0.6 is 11.6 Å². The number of imidazole rings is 1. The predicted molar refractivity (Wildman–Crippen MR) is 84.8 cm³/mol. The molecule has 1 heterocycles. The summed E-state index contributed by atoms with van der Waals surface area (Å²) in [5.74, 6) is 0.388. The van der Waals surface area contributed by atoms with Crippen LogP contribution in [0.3, 0.4) is 0 Å². The monoisotopic (exact) mass is 302 g/mol. The third-order valence-corrected chi connectivity index (χ3v) is 3.80. The number of halogens is 2. The largest absolute Gasteiger partial charge is 0.292 e. The highest BCUT2D eigenvalue weighted by molar-refractivity contribution is 6.20. The van der Waals surface area contributed by atoms with Crippen molar-refractivity contribution in [2.24, 2.45) is 0 Å². The van der Waals surface area contributed by atoms with E-state index in [-0.39, 0.29) is 11.2 Å². The second-order valence-electron chi connectivity index (χ2n) is 5.32. The van der Waals surface area contributed by atoms with E-state index >= 15 is 0 Å². The Labute approximate surface area is 128 Å². The number of fused-ring (bicyclic) bond motifs is 1. The number of benzene rings is 2. The lowest BCUT2D eigenvalue weighted by molar-refractivity contribution is 0.615. The zero-order chi connectivity index (χ0) is 15.1. The van der Waals surface area contributed by atoms with Gasteiger partial charge in [-0.15, -0.1) is 11.6 Å². The van der Waals surface area contributed by atoms with Crippen molar-refractivity contribution in [1.29, 1.82) is 0 Å². The fourth-order valence-electron chi connectivity index (χ4n) is 2.62. The Hall–Kier alpha value is -1.87. The van der Waals surface area contributed by atoms with Crippen LogP contribution in [0.4, 0.5) is 4.39 Å². The van der Waals surface area contributed by atoms with Gasteiger partial charge in [-0.25, -0.2) is 9.37 Å². The molecule has 3 aromatic rings. The van der Waals surface area contributed by atoms with E-state index < -0.39 is 0 Å². The maximum absolute atomic E-state index is 14.4. The van der Waals surface area contributed by atoms with Crippen LogP contribution in [0.25, 0.3) is 16.7 Å². The van der Waals surface area contributed by atoms with E-state index in [0.717, 1.165) is 22.2 Å². The quantitative estimate of drug-likeness (QED) is 0.604. The van der Waals surface area contributed by atoms with Gasteiger partial charge in [0.1, 0.15) is 11.6 Å². The number of aromatic nitrogens is 2. The van der Waals surface area contributed by atoms with Crippen molar-refractivity contribution in [3.8, 4) is 5.69 Å². The number of hydrogen-bond donors (Lipinski definition) is 0. The number of aryl methyl sites for hydroxylation is 2. The molecule has 1 atom stereocenters. The van der Waals surface area contributed by atoms with E-state index in [1.54, 1.807) is 6.07 Å². The van der Waals surface area contributed by atoms with Crippen LogP contribution in [0.1, 0.15) is 29.3 Å². The van der Waals surface area contributed by atoms with Crippen molar-refractivity contribution in [2.75, 3.05) is 0 Å². The fourth-order valence-corrected chi connectivity index (χ4v) is 2.76. The summed E-state index contributed by atoms with van der Waals surface area (Å²) in [5, 5.41) is -0.309. The summed E-state index contributed by atoms with van der Waals surface area (Å²) in [4.78, 5) is 4.60. The van der Waals surface area contributed by atoms with Crippen LogP contribution in [0.2, 0.25) is 0 Å².